The fourth-order valence-corrected chi connectivity index (χ4v) is 3.96. The first-order valence-electron chi connectivity index (χ1n) is 9.15. The Bertz CT molecular complexity index is 715. The summed E-state index contributed by atoms with van der Waals surface area (Å²) < 4.78 is 5.49. The summed E-state index contributed by atoms with van der Waals surface area (Å²) in [6.45, 7) is 8.44. The minimum atomic E-state index is 0. The molecule has 0 aliphatic carbocycles. The van der Waals surface area contributed by atoms with Gasteiger partial charge in [-0.25, -0.2) is 0 Å². The van der Waals surface area contributed by atoms with Gasteiger partial charge in [0.1, 0.15) is 0 Å². The molecule has 1 aliphatic rings. The molecule has 3 rings (SSSR count). The molecule has 2 heterocycles. The highest BCUT2D eigenvalue weighted by atomic mass is 127. The van der Waals surface area contributed by atoms with E-state index in [1.54, 1.807) is 11.3 Å². The standard InChI is InChI=1S/C20H28N4OS.HI/c1-15(2)16-5-3-6-17(13-16)23-20(21)22-14-18(19-7-4-12-26-19)24-8-10-25-11-9-24;/h3-7,12-13,15,18H,8-11,14H2,1-2H3,(H3,21,22,23);1H. The number of ether oxygens (including phenoxy) is 1. The molecule has 0 spiro atoms. The van der Waals surface area contributed by atoms with Crippen LogP contribution in [-0.4, -0.2) is 43.7 Å². The van der Waals surface area contributed by atoms with Crippen molar-refractivity contribution in [1.82, 2.24) is 4.90 Å². The topological polar surface area (TPSA) is 62.9 Å². The first-order chi connectivity index (χ1) is 12.6. The lowest BCUT2D eigenvalue weighted by atomic mass is 10.0. The van der Waals surface area contributed by atoms with Gasteiger partial charge < -0.3 is 15.8 Å². The number of nitrogens with one attached hydrogen (secondary N) is 1. The van der Waals surface area contributed by atoms with Crippen LogP contribution in [0.15, 0.2) is 46.8 Å². The van der Waals surface area contributed by atoms with Crippen LogP contribution in [0.5, 0.6) is 0 Å². The van der Waals surface area contributed by atoms with Gasteiger partial charge in [0.05, 0.1) is 25.8 Å². The predicted molar refractivity (Wildman–Crippen MR) is 126 cm³/mol. The number of benzene rings is 1. The molecule has 1 aliphatic heterocycles. The van der Waals surface area contributed by atoms with Crippen molar-refractivity contribution in [3.8, 4) is 0 Å². The third kappa shape index (κ3) is 6.44. The van der Waals surface area contributed by atoms with E-state index in [2.05, 4.69) is 58.7 Å². The second-order valence-corrected chi connectivity index (χ2v) is 7.79. The van der Waals surface area contributed by atoms with Crippen molar-refractivity contribution in [2.24, 2.45) is 10.7 Å². The maximum Gasteiger partial charge on any atom is 0.193 e. The van der Waals surface area contributed by atoms with E-state index >= 15 is 0 Å². The zero-order valence-electron chi connectivity index (χ0n) is 15.9. The Labute approximate surface area is 183 Å². The summed E-state index contributed by atoms with van der Waals surface area (Å²) >= 11 is 1.77. The number of guanidine groups is 1. The number of nitrogens with zero attached hydrogens (tertiary/aromatic N) is 2. The fraction of sp³-hybridized carbons (Fsp3) is 0.450. The molecule has 1 saturated heterocycles. The molecule has 0 radical (unpaired) electrons. The maximum absolute atomic E-state index is 6.16. The number of hydrogen-bond donors (Lipinski definition) is 2. The summed E-state index contributed by atoms with van der Waals surface area (Å²) in [6, 6.07) is 12.9. The van der Waals surface area contributed by atoms with Crippen LogP contribution in [0.3, 0.4) is 0 Å². The van der Waals surface area contributed by atoms with Crippen molar-refractivity contribution in [2.75, 3.05) is 38.2 Å². The van der Waals surface area contributed by atoms with Gasteiger partial charge in [-0.1, -0.05) is 32.0 Å². The van der Waals surface area contributed by atoms with Gasteiger partial charge in [-0.3, -0.25) is 9.89 Å². The number of anilines is 1. The molecule has 1 unspecified atom stereocenters. The lowest BCUT2D eigenvalue weighted by Gasteiger charge is -2.33. The van der Waals surface area contributed by atoms with Crippen LogP contribution < -0.4 is 11.1 Å². The molecule has 1 aromatic carbocycles. The molecule has 1 fully saturated rings. The smallest absolute Gasteiger partial charge is 0.193 e. The Morgan fingerprint density at radius 2 is 2.04 bits per heavy atom. The molecule has 2 aromatic rings. The van der Waals surface area contributed by atoms with Crippen LogP contribution in [0.2, 0.25) is 0 Å². The minimum Gasteiger partial charge on any atom is -0.379 e. The number of halogens is 1. The second kappa shape index (κ2) is 11.0. The maximum atomic E-state index is 6.16. The van der Waals surface area contributed by atoms with Gasteiger partial charge in [0.25, 0.3) is 0 Å². The van der Waals surface area contributed by atoms with Crippen molar-refractivity contribution in [1.29, 1.82) is 0 Å². The lowest BCUT2D eigenvalue weighted by Crippen LogP contribution is -2.40. The van der Waals surface area contributed by atoms with Crippen molar-refractivity contribution in [3.63, 3.8) is 0 Å². The average Bonchev–Trinajstić information content (AvgIpc) is 3.17. The summed E-state index contributed by atoms with van der Waals surface area (Å²) in [5.74, 6) is 0.945. The molecule has 148 valence electrons. The number of nitrogens with two attached hydrogens (primary N) is 1. The Kier molecular flexibility index (Phi) is 9.01. The number of rotatable bonds is 6. The molecule has 3 N–H and O–H groups in total. The zero-order valence-corrected chi connectivity index (χ0v) is 19.1. The Morgan fingerprint density at radius 1 is 1.26 bits per heavy atom. The van der Waals surface area contributed by atoms with Crippen molar-refractivity contribution in [3.05, 3.63) is 52.2 Å². The van der Waals surface area contributed by atoms with E-state index in [4.69, 9.17) is 10.5 Å². The molecule has 0 saturated carbocycles. The van der Waals surface area contributed by atoms with E-state index in [0.29, 0.717) is 18.4 Å². The van der Waals surface area contributed by atoms with Gasteiger partial charge in [-0.05, 0) is 35.1 Å². The van der Waals surface area contributed by atoms with E-state index in [0.717, 1.165) is 32.0 Å². The van der Waals surface area contributed by atoms with Gasteiger partial charge in [-0.15, -0.1) is 35.3 Å². The van der Waals surface area contributed by atoms with E-state index in [9.17, 15) is 0 Å². The normalized spacial score (nSPS) is 16.8. The van der Waals surface area contributed by atoms with E-state index < -0.39 is 0 Å². The largest absolute Gasteiger partial charge is 0.379 e. The molecule has 5 nitrogen and oxygen atoms in total. The molecule has 27 heavy (non-hydrogen) atoms. The van der Waals surface area contributed by atoms with E-state index in [1.807, 2.05) is 12.1 Å². The monoisotopic (exact) mass is 500 g/mol. The molecule has 0 amide bonds. The first kappa shape index (κ1) is 22.1. The molecular weight excluding hydrogens is 471 g/mol. The average molecular weight is 500 g/mol. The quantitative estimate of drug-likeness (QED) is 0.353. The molecule has 7 heteroatoms. The van der Waals surface area contributed by atoms with E-state index in [-0.39, 0.29) is 30.0 Å². The number of morpholine rings is 1. The lowest BCUT2D eigenvalue weighted by molar-refractivity contribution is 0.0187. The van der Waals surface area contributed by atoms with Crippen LogP contribution in [0, 0.1) is 0 Å². The van der Waals surface area contributed by atoms with Gasteiger partial charge in [0, 0.05) is 23.7 Å². The highest BCUT2D eigenvalue weighted by Crippen LogP contribution is 2.26. The minimum absolute atomic E-state index is 0. The second-order valence-electron chi connectivity index (χ2n) is 6.81. The third-order valence-electron chi connectivity index (χ3n) is 4.62. The van der Waals surface area contributed by atoms with Gasteiger partial charge in [0.15, 0.2) is 5.96 Å². The van der Waals surface area contributed by atoms with Crippen LogP contribution in [0.4, 0.5) is 5.69 Å². The zero-order chi connectivity index (χ0) is 18.4. The van der Waals surface area contributed by atoms with Crippen LogP contribution in [0.1, 0.15) is 36.2 Å². The highest BCUT2D eigenvalue weighted by Gasteiger charge is 2.23. The SMILES string of the molecule is CC(C)c1cccc(NC(N)=NCC(c2cccs2)N2CCOCC2)c1.I. The van der Waals surface area contributed by atoms with Gasteiger partial charge in [-0.2, -0.15) is 0 Å². The first-order valence-corrected chi connectivity index (χ1v) is 10.0. The van der Waals surface area contributed by atoms with Crippen molar-refractivity contribution < 1.29 is 4.74 Å². The molecule has 1 aromatic heterocycles. The summed E-state index contributed by atoms with van der Waals surface area (Å²) in [5.41, 5.74) is 8.43. The highest BCUT2D eigenvalue weighted by molar-refractivity contribution is 14.0. The number of thiophene rings is 1. The van der Waals surface area contributed by atoms with Crippen LogP contribution >= 0.6 is 35.3 Å². The number of hydrogen-bond acceptors (Lipinski definition) is 4. The van der Waals surface area contributed by atoms with Gasteiger partial charge in [0.2, 0.25) is 0 Å². The summed E-state index contributed by atoms with van der Waals surface area (Å²) in [7, 11) is 0. The Morgan fingerprint density at radius 3 is 2.70 bits per heavy atom. The third-order valence-corrected chi connectivity index (χ3v) is 5.59. The van der Waals surface area contributed by atoms with Gasteiger partial charge >= 0.3 is 0 Å². The summed E-state index contributed by atoms with van der Waals surface area (Å²) in [6.07, 6.45) is 0. The Balaban J connectivity index is 0.00000261. The summed E-state index contributed by atoms with van der Waals surface area (Å²) in [5, 5.41) is 5.35. The van der Waals surface area contributed by atoms with Crippen molar-refractivity contribution >= 4 is 47.0 Å². The predicted octanol–water partition coefficient (Wildman–Crippen LogP) is 4.29. The van der Waals surface area contributed by atoms with Crippen LogP contribution in [0.25, 0.3) is 0 Å². The van der Waals surface area contributed by atoms with E-state index in [1.165, 1.54) is 10.4 Å². The van der Waals surface area contributed by atoms with Crippen LogP contribution in [-0.2, 0) is 4.74 Å². The molecular formula is C20H29IN4OS. The Hall–Kier alpha value is -1.16. The molecule has 0 bridgehead atoms. The number of aliphatic imine (C=N–C) groups is 1. The van der Waals surface area contributed by atoms with Crippen molar-refractivity contribution in [2.45, 2.75) is 25.8 Å². The fourth-order valence-electron chi connectivity index (χ4n) is 3.10. The molecule has 1 atom stereocenters. The summed E-state index contributed by atoms with van der Waals surface area (Å²) in [4.78, 5) is 8.39.